The highest BCUT2D eigenvalue weighted by atomic mass is 35.5. The van der Waals surface area contributed by atoms with Crippen LogP contribution in [0.1, 0.15) is 0 Å². The molecule has 4 rings (SSSR count). The largest absolute Gasteiger partial charge is 0.484 e. The van der Waals surface area contributed by atoms with Crippen LogP contribution in [0.2, 0.25) is 5.02 Å². The van der Waals surface area contributed by atoms with Crippen molar-refractivity contribution in [3.8, 4) is 11.5 Å². The van der Waals surface area contributed by atoms with Gasteiger partial charge in [-0.25, -0.2) is 0 Å². The van der Waals surface area contributed by atoms with Gasteiger partial charge in [-0.3, -0.25) is 14.5 Å². The highest BCUT2D eigenvalue weighted by Gasteiger charge is 2.26. The fourth-order valence-corrected chi connectivity index (χ4v) is 3.60. The molecule has 164 valence electrons. The van der Waals surface area contributed by atoms with E-state index in [1.165, 1.54) is 0 Å². The molecule has 1 fully saturated rings. The van der Waals surface area contributed by atoms with Crippen molar-refractivity contribution >= 4 is 34.8 Å². The Kier molecular flexibility index (Phi) is 6.91. The van der Waals surface area contributed by atoms with Crippen molar-refractivity contribution in [3.63, 3.8) is 0 Å². The third-order valence-electron chi connectivity index (χ3n) is 5.11. The van der Waals surface area contributed by atoms with Crippen LogP contribution in [0.3, 0.4) is 0 Å². The second-order valence-corrected chi connectivity index (χ2v) is 7.70. The number of nitrogens with one attached hydrogen (secondary N) is 1. The van der Waals surface area contributed by atoms with Gasteiger partial charge in [0.1, 0.15) is 11.5 Å². The Morgan fingerprint density at radius 2 is 1.87 bits per heavy atom. The monoisotopic (exact) mass is 445 g/mol. The second kappa shape index (κ2) is 10.00. The van der Waals surface area contributed by atoms with Gasteiger partial charge in [-0.2, -0.15) is 0 Å². The number of morpholine rings is 1. The van der Waals surface area contributed by atoms with Crippen molar-refractivity contribution in [2.45, 2.75) is 0 Å². The normalized spacial score (nSPS) is 16.4. The first kappa shape index (κ1) is 21.4. The molecule has 1 saturated heterocycles. The first-order valence-corrected chi connectivity index (χ1v) is 10.5. The number of rotatable bonds is 7. The highest BCUT2D eigenvalue weighted by Crippen LogP contribution is 2.34. The van der Waals surface area contributed by atoms with E-state index in [4.69, 9.17) is 25.8 Å². The molecule has 2 amide bonds. The number of ether oxygens (including phenoxy) is 3. The molecule has 2 aliphatic rings. The Bertz CT molecular complexity index is 931. The molecule has 9 heteroatoms. The van der Waals surface area contributed by atoms with Crippen LogP contribution >= 0.6 is 11.6 Å². The van der Waals surface area contributed by atoms with Gasteiger partial charge >= 0.3 is 0 Å². The lowest BCUT2D eigenvalue weighted by Gasteiger charge is -2.33. The van der Waals surface area contributed by atoms with Gasteiger partial charge in [-0.05, 0) is 36.4 Å². The van der Waals surface area contributed by atoms with Crippen LogP contribution in [0, 0.1) is 0 Å². The minimum absolute atomic E-state index is 0.0206. The minimum atomic E-state index is -0.300. The molecular formula is C22H24ClN3O5. The van der Waals surface area contributed by atoms with Crippen LogP contribution in [0.4, 0.5) is 11.4 Å². The lowest BCUT2D eigenvalue weighted by Crippen LogP contribution is -2.45. The van der Waals surface area contributed by atoms with Gasteiger partial charge in [0.05, 0.1) is 18.9 Å². The molecule has 0 radical (unpaired) electrons. The van der Waals surface area contributed by atoms with Gasteiger partial charge in [-0.1, -0.05) is 11.6 Å². The number of hydrogen-bond acceptors (Lipinski definition) is 6. The number of nitrogens with zero attached hydrogens (tertiary/aromatic N) is 2. The molecule has 0 atom stereocenters. The van der Waals surface area contributed by atoms with Gasteiger partial charge in [-0.15, -0.1) is 0 Å². The number of fused-ring (bicyclic) bond motifs is 1. The molecule has 2 aromatic rings. The number of anilines is 2. The Morgan fingerprint density at radius 3 is 2.65 bits per heavy atom. The molecule has 0 aromatic heterocycles. The molecule has 0 unspecified atom stereocenters. The minimum Gasteiger partial charge on any atom is -0.484 e. The third-order valence-corrected chi connectivity index (χ3v) is 5.37. The van der Waals surface area contributed by atoms with Crippen molar-refractivity contribution in [2.75, 3.05) is 62.8 Å². The molecule has 2 aromatic carbocycles. The molecule has 1 N–H and O–H groups in total. The van der Waals surface area contributed by atoms with Gasteiger partial charge in [0.15, 0.2) is 13.2 Å². The second-order valence-electron chi connectivity index (χ2n) is 7.26. The van der Waals surface area contributed by atoms with E-state index in [2.05, 4.69) is 10.2 Å². The molecule has 0 aliphatic carbocycles. The average Bonchev–Trinajstić information content (AvgIpc) is 2.79. The summed E-state index contributed by atoms with van der Waals surface area (Å²) in [5.41, 5.74) is 1.28. The summed E-state index contributed by atoms with van der Waals surface area (Å²) in [6.45, 7) is 4.38. The van der Waals surface area contributed by atoms with E-state index in [1.54, 1.807) is 47.4 Å². The number of hydrogen-bond donors (Lipinski definition) is 1. The van der Waals surface area contributed by atoms with E-state index in [0.717, 1.165) is 32.8 Å². The summed E-state index contributed by atoms with van der Waals surface area (Å²) in [5.74, 6) is 0.751. The molecular weight excluding hydrogens is 422 g/mol. The Hall–Kier alpha value is -2.81. The fourth-order valence-electron chi connectivity index (χ4n) is 3.47. The van der Waals surface area contributed by atoms with Gasteiger partial charge < -0.3 is 24.4 Å². The van der Waals surface area contributed by atoms with E-state index < -0.39 is 0 Å². The number of benzene rings is 2. The van der Waals surface area contributed by atoms with Crippen LogP contribution in [0.5, 0.6) is 11.5 Å². The van der Waals surface area contributed by atoms with Crippen LogP contribution in [-0.2, 0) is 14.3 Å². The van der Waals surface area contributed by atoms with E-state index >= 15 is 0 Å². The average molecular weight is 446 g/mol. The zero-order chi connectivity index (χ0) is 21.6. The molecule has 31 heavy (non-hydrogen) atoms. The van der Waals surface area contributed by atoms with Crippen molar-refractivity contribution in [2.24, 2.45) is 0 Å². The van der Waals surface area contributed by atoms with E-state index in [0.29, 0.717) is 34.4 Å². The van der Waals surface area contributed by atoms with Crippen molar-refractivity contribution in [1.29, 1.82) is 0 Å². The summed E-state index contributed by atoms with van der Waals surface area (Å²) in [7, 11) is 0. The SMILES string of the molecule is O=C(COc1ccc(Cl)cc1)Nc1ccc2c(c1)OCC(=O)N2CCN1CCOCC1. The Morgan fingerprint density at radius 1 is 1.10 bits per heavy atom. The van der Waals surface area contributed by atoms with Gasteiger partial charge in [0.25, 0.3) is 11.8 Å². The zero-order valence-corrected chi connectivity index (χ0v) is 17.8. The summed E-state index contributed by atoms with van der Waals surface area (Å²) in [6.07, 6.45) is 0. The van der Waals surface area contributed by atoms with Gasteiger partial charge in [0.2, 0.25) is 0 Å². The third kappa shape index (κ3) is 5.66. The summed E-state index contributed by atoms with van der Waals surface area (Å²) in [4.78, 5) is 28.6. The first-order valence-electron chi connectivity index (χ1n) is 10.1. The Balaban J connectivity index is 1.35. The molecule has 8 nitrogen and oxygen atoms in total. The summed E-state index contributed by atoms with van der Waals surface area (Å²) in [5, 5.41) is 3.39. The quantitative estimate of drug-likeness (QED) is 0.705. The van der Waals surface area contributed by atoms with Crippen molar-refractivity contribution < 1.29 is 23.8 Å². The number of carbonyl (C=O) groups excluding carboxylic acids is 2. The fraction of sp³-hybridized carbons (Fsp3) is 0.364. The number of amides is 2. The maximum Gasteiger partial charge on any atom is 0.265 e. The molecule has 0 spiro atoms. The van der Waals surface area contributed by atoms with Crippen LogP contribution in [0.15, 0.2) is 42.5 Å². The lowest BCUT2D eigenvalue weighted by molar-refractivity contribution is -0.121. The van der Waals surface area contributed by atoms with Gasteiger partial charge in [0, 0.05) is 43.0 Å². The van der Waals surface area contributed by atoms with Crippen molar-refractivity contribution in [3.05, 3.63) is 47.5 Å². The van der Waals surface area contributed by atoms with Crippen LogP contribution < -0.4 is 19.7 Å². The predicted molar refractivity (Wildman–Crippen MR) is 117 cm³/mol. The molecule has 0 bridgehead atoms. The maximum absolute atomic E-state index is 12.4. The smallest absolute Gasteiger partial charge is 0.265 e. The number of halogens is 1. The molecule has 2 heterocycles. The first-order chi connectivity index (χ1) is 15.1. The Labute approximate surface area is 185 Å². The predicted octanol–water partition coefficient (Wildman–Crippen LogP) is 2.42. The van der Waals surface area contributed by atoms with Crippen LogP contribution in [0.25, 0.3) is 0 Å². The van der Waals surface area contributed by atoms with E-state index in [1.807, 2.05) is 0 Å². The molecule has 2 aliphatic heterocycles. The standard InChI is InChI=1S/C22H24ClN3O5/c23-16-1-4-18(5-2-16)30-14-21(27)24-17-3-6-19-20(13-17)31-15-22(28)26(19)8-7-25-9-11-29-12-10-25/h1-6,13H,7-12,14-15H2,(H,24,27). The highest BCUT2D eigenvalue weighted by molar-refractivity contribution is 6.30. The summed E-state index contributed by atoms with van der Waals surface area (Å²) >= 11 is 5.84. The topological polar surface area (TPSA) is 80.3 Å². The molecule has 0 saturated carbocycles. The lowest BCUT2D eigenvalue weighted by atomic mass is 10.2. The maximum atomic E-state index is 12.4. The van der Waals surface area contributed by atoms with E-state index in [-0.39, 0.29) is 25.0 Å². The summed E-state index contributed by atoms with van der Waals surface area (Å²) < 4.78 is 16.4. The summed E-state index contributed by atoms with van der Waals surface area (Å²) in [6, 6.07) is 12.1. The van der Waals surface area contributed by atoms with E-state index in [9.17, 15) is 9.59 Å². The number of carbonyl (C=O) groups is 2. The zero-order valence-electron chi connectivity index (χ0n) is 17.0. The van der Waals surface area contributed by atoms with Crippen LogP contribution in [-0.4, -0.2) is 69.3 Å². The van der Waals surface area contributed by atoms with Crippen molar-refractivity contribution in [1.82, 2.24) is 4.90 Å².